The van der Waals surface area contributed by atoms with Gasteiger partial charge in [-0.15, -0.1) is 0 Å². The number of ether oxygens (including phenoxy) is 1. The van der Waals surface area contributed by atoms with Gasteiger partial charge < -0.3 is 20.5 Å². The molecule has 1 heterocycles. The maximum atomic E-state index is 13.8. The molecule has 3 unspecified atom stereocenters. The van der Waals surface area contributed by atoms with E-state index in [4.69, 9.17) is 4.74 Å². The number of methoxy groups -OCH3 is 1. The fraction of sp³-hybridized carbons (Fsp3) is 0.263. The Kier molecular flexibility index (Phi) is 5.22. The second-order valence-corrected chi connectivity index (χ2v) is 6.46. The standard InChI is InChI=1S/C19H16F4N2O4/c1-29-13-8-4-11(5-9-13)16(26)14-15(10-2-6-12(20)7-3-10)24-17(27)25-18(14,28)19(21,22)23/h2-9,14-15,28H,1H3,(H2,24,25,27). The number of hydrogen-bond acceptors (Lipinski definition) is 4. The Bertz CT molecular complexity index is 915. The van der Waals surface area contributed by atoms with Gasteiger partial charge in [-0.3, -0.25) is 4.79 Å². The van der Waals surface area contributed by atoms with Gasteiger partial charge in [0.05, 0.1) is 13.2 Å². The summed E-state index contributed by atoms with van der Waals surface area (Å²) < 4.78 is 59.5. The summed E-state index contributed by atoms with van der Waals surface area (Å²) in [6.45, 7) is 0. The predicted molar refractivity (Wildman–Crippen MR) is 92.6 cm³/mol. The van der Waals surface area contributed by atoms with Gasteiger partial charge >= 0.3 is 12.2 Å². The summed E-state index contributed by atoms with van der Waals surface area (Å²) in [6, 6.07) is 6.59. The number of carbonyl (C=O) groups is 2. The molecular weight excluding hydrogens is 396 g/mol. The molecule has 0 spiro atoms. The van der Waals surface area contributed by atoms with E-state index < -0.39 is 41.5 Å². The second-order valence-electron chi connectivity index (χ2n) is 6.46. The van der Waals surface area contributed by atoms with Crippen LogP contribution in [0.5, 0.6) is 5.75 Å². The highest BCUT2D eigenvalue weighted by molar-refractivity contribution is 6.00. The van der Waals surface area contributed by atoms with Crippen molar-refractivity contribution >= 4 is 11.8 Å². The van der Waals surface area contributed by atoms with Crippen molar-refractivity contribution in [1.29, 1.82) is 0 Å². The predicted octanol–water partition coefficient (Wildman–Crippen LogP) is 2.94. The zero-order valence-electron chi connectivity index (χ0n) is 15.0. The third-order valence-electron chi connectivity index (χ3n) is 4.69. The van der Waals surface area contributed by atoms with Gasteiger partial charge in [0.15, 0.2) is 5.78 Å². The van der Waals surface area contributed by atoms with Crippen molar-refractivity contribution in [3.8, 4) is 5.75 Å². The molecule has 1 fully saturated rings. The first kappa shape index (κ1) is 20.6. The van der Waals surface area contributed by atoms with Gasteiger partial charge in [-0.1, -0.05) is 12.1 Å². The van der Waals surface area contributed by atoms with Crippen LogP contribution in [0.3, 0.4) is 0 Å². The highest BCUT2D eigenvalue weighted by Gasteiger charge is 2.66. The van der Waals surface area contributed by atoms with E-state index in [1.54, 1.807) is 0 Å². The summed E-state index contributed by atoms with van der Waals surface area (Å²) in [5, 5.41) is 14.1. The molecule has 0 saturated carbocycles. The number of ketones is 1. The van der Waals surface area contributed by atoms with Crippen molar-refractivity contribution in [3.05, 3.63) is 65.5 Å². The number of amides is 2. The zero-order valence-corrected chi connectivity index (χ0v) is 15.0. The summed E-state index contributed by atoms with van der Waals surface area (Å²) in [5.74, 6) is -3.54. The van der Waals surface area contributed by atoms with Crippen LogP contribution in [0.15, 0.2) is 48.5 Å². The van der Waals surface area contributed by atoms with Crippen molar-refractivity contribution in [2.75, 3.05) is 7.11 Å². The first-order valence-corrected chi connectivity index (χ1v) is 8.38. The van der Waals surface area contributed by atoms with Crippen LogP contribution in [0.1, 0.15) is 22.0 Å². The molecule has 2 aromatic carbocycles. The number of halogens is 4. The van der Waals surface area contributed by atoms with Gasteiger partial charge in [0, 0.05) is 5.56 Å². The van der Waals surface area contributed by atoms with Crippen molar-refractivity contribution in [2.24, 2.45) is 5.92 Å². The van der Waals surface area contributed by atoms with E-state index in [1.165, 1.54) is 36.7 Å². The Morgan fingerprint density at radius 3 is 2.21 bits per heavy atom. The molecule has 1 aliphatic heterocycles. The topological polar surface area (TPSA) is 87.7 Å². The molecule has 10 heteroatoms. The molecule has 6 nitrogen and oxygen atoms in total. The third kappa shape index (κ3) is 3.75. The van der Waals surface area contributed by atoms with E-state index in [-0.39, 0.29) is 11.1 Å². The monoisotopic (exact) mass is 412 g/mol. The maximum absolute atomic E-state index is 13.8. The Morgan fingerprint density at radius 2 is 1.69 bits per heavy atom. The minimum atomic E-state index is -5.37. The molecule has 3 N–H and O–H groups in total. The minimum Gasteiger partial charge on any atom is -0.497 e. The van der Waals surface area contributed by atoms with E-state index in [9.17, 15) is 32.3 Å². The Morgan fingerprint density at radius 1 is 1.10 bits per heavy atom. The molecule has 0 bridgehead atoms. The van der Waals surface area contributed by atoms with Gasteiger partial charge in [-0.25, -0.2) is 9.18 Å². The lowest BCUT2D eigenvalue weighted by Gasteiger charge is -2.45. The van der Waals surface area contributed by atoms with Gasteiger partial charge in [0.2, 0.25) is 5.72 Å². The fourth-order valence-corrected chi connectivity index (χ4v) is 3.22. The summed E-state index contributed by atoms with van der Waals surface area (Å²) in [7, 11) is 1.38. The first-order valence-electron chi connectivity index (χ1n) is 8.38. The minimum absolute atomic E-state index is 0.0239. The fourth-order valence-electron chi connectivity index (χ4n) is 3.22. The number of nitrogens with one attached hydrogen (secondary N) is 2. The van der Waals surface area contributed by atoms with Crippen LogP contribution in [0.25, 0.3) is 0 Å². The van der Waals surface area contributed by atoms with Crippen LogP contribution < -0.4 is 15.4 Å². The molecule has 2 aromatic rings. The smallest absolute Gasteiger partial charge is 0.437 e. The number of urea groups is 1. The lowest BCUT2D eigenvalue weighted by molar-refractivity contribution is -0.287. The molecular formula is C19H16F4N2O4. The molecule has 3 atom stereocenters. The van der Waals surface area contributed by atoms with Crippen molar-refractivity contribution < 1.29 is 37.0 Å². The molecule has 0 aromatic heterocycles. The van der Waals surface area contributed by atoms with Gasteiger partial charge in [0.25, 0.3) is 0 Å². The maximum Gasteiger partial charge on any atom is 0.437 e. The Labute approximate surface area is 162 Å². The SMILES string of the molecule is COc1ccc(C(=O)C2C(c3ccc(F)cc3)NC(=O)NC2(O)C(F)(F)F)cc1. The molecule has 1 aliphatic rings. The first-order chi connectivity index (χ1) is 13.6. The lowest BCUT2D eigenvalue weighted by atomic mass is 9.77. The normalized spacial score (nSPS) is 24.4. The van der Waals surface area contributed by atoms with Crippen LogP contribution in [0.2, 0.25) is 0 Å². The summed E-state index contributed by atoms with van der Waals surface area (Å²) in [6.07, 6.45) is -5.37. The molecule has 2 amide bonds. The highest BCUT2D eigenvalue weighted by Crippen LogP contribution is 2.44. The van der Waals surface area contributed by atoms with Crippen LogP contribution in [-0.4, -0.2) is 35.9 Å². The van der Waals surface area contributed by atoms with Crippen molar-refractivity contribution in [2.45, 2.75) is 17.9 Å². The molecule has 0 radical (unpaired) electrons. The average Bonchev–Trinajstić information content (AvgIpc) is 2.67. The molecule has 3 rings (SSSR count). The number of aliphatic hydroxyl groups is 1. The van der Waals surface area contributed by atoms with Crippen LogP contribution in [0, 0.1) is 11.7 Å². The van der Waals surface area contributed by atoms with Crippen molar-refractivity contribution in [1.82, 2.24) is 10.6 Å². The highest BCUT2D eigenvalue weighted by atomic mass is 19.4. The number of Topliss-reactive ketones (excluding diaryl/α,β-unsaturated/α-hetero) is 1. The summed E-state index contributed by atoms with van der Waals surface area (Å²) >= 11 is 0. The summed E-state index contributed by atoms with van der Waals surface area (Å²) in [4.78, 5) is 24.9. The van der Waals surface area contributed by atoms with E-state index in [0.29, 0.717) is 5.75 Å². The third-order valence-corrected chi connectivity index (χ3v) is 4.69. The number of alkyl halides is 3. The van der Waals surface area contributed by atoms with E-state index in [0.717, 1.165) is 24.3 Å². The molecule has 0 aliphatic carbocycles. The largest absolute Gasteiger partial charge is 0.497 e. The van der Waals surface area contributed by atoms with Gasteiger partial charge in [0.1, 0.15) is 17.5 Å². The quantitative estimate of drug-likeness (QED) is 0.532. The summed E-state index contributed by atoms with van der Waals surface area (Å²) in [5.41, 5.74) is -3.95. The van der Waals surface area contributed by atoms with Crippen LogP contribution in [0.4, 0.5) is 22.4 Å². The van der Waals surface area contributed by atoms with E-state index in [1.807, 2.05) is 0 Å². The molecule has 29 heavy (non-hydrogen) atoms. The van der Waals surface area contributed by atoms with Gasteiger partial charge in [-0.2, -0.15) is 13.2 Å². The second kappa shape index (κ2) is 7.36. The number of rotatable bonds is 4. The number of carbonyl (C=O) groups excluding carboxylic acids is 2. The van der Waals surface area contributed by atoms with Gasteiger partial charge in [-0.05, 0) is 42.0 Å². The van der Waals surface area contributed by atoms with E-state index >= 15 is 0 Å². The van der Waals surface area contributed by atoms with E-state index in [2.05, 4.69) is 5.32 Å². The zero-order chi connectivity index (χ0) is 21.4. The molecule has 1 saturated heterocycles. The number of benzene rings is 2. The average molecular weight is 412 g/mol. The molecule has 154 valence electrons. The van der Waals surface area contributed by atoms with Crippen molar-refractivity contribution in [3.63, 3.8) is 0 Å². The van der Waals surface area contributed by atoms with Crippen LogP contribution >= 0.6 is 0 Å². The number of hydrogen-bond donors (Lipinski definition) is 3. The Hall–Kier alpha value is -3.14. The van der Waals surface area contributed by atoms with Crippen LogP contribution in [-0.2, 0) is 0 Å². The lowest BCUT2D eigenvalue weighted by Crippen LogP contribution is -2.72. The Balaban J connectivity index is 2.13.